The number of halogens is 1. The highest BCUT2D eigenvalue weighted by molar-refractivity contribution is 6.08. The molecule has 2 aromatic rings. The van der Waals surface area contributed by atoms with E-state index in [-0.39, 0.29) is 22.6 Å². The van der Waals surface area contributed by atoms with Crippen molar-refractivity contribution in [1.29, 1.82) is 0 Å². The summed E-state index contributed by atoms with van der Waals surface area (Å²) in [5.74, 6) is -2.27. The Hall–Kier alpha value is -2.30. The number of carbonyl (C=O) groups excluding carboxylic acids is 1. The molecule has 0 spiro atoms. The molecule has 86 valence electrons. The molecule has 1 heterocycles. The fourth-order valence-corrected chi connectivity index (χ4v) is 1.61. The van der Waals surface area contributed by atoms with E-state index in [4.69, 9.17) is 5.11 Å². The van der Waals surface area contributed by atoms with Crippen LogP contribution in [0.1, 0.15) is 27.8 Å². The third-order valence-corrected chi connectivity index (χ3v) is 2.39. The Balaban J connectivity index is 2.91. The minimum absolute atomic E-state index is 0.0994. The van der Waals surface area contributed by atoms with E-state index in [9.17, 15) is 14.0 Å². The number of Topliss-reactive ketones (excluding diaryl/α,β-unsaturated/α-hetero) is 1. The van der Waals surface area contributed by atoms with Crippen LogP contribution in [0, 0.1) is 5.82 Å². The summed E-state index contributed by atoms with van der Waals surface area (Å²) in [6, 6.07) is 5.32. The lowest BCUT2D eigenvalue weighted by Crippen LogP contribution is -2.05. The Morgan fingerprint density at radius 1 is 1.35 bits per heavy atom. The fourth-order valence-electron chi connectivity index (χ4n) is 1.61. The maximum atomic E-state index is 13.5. The number of hydrogen-bond acceptors (Lipinski definition) is 3. The summed E-state index contributed by atoms with van der Waals surface area (Å²) >= 11 is 0. The Labute approximate surface area is 95.7 Å². The van der Waals surface area contributed by atoms with Crippen LogP contribution in [0.2, 0.25) is 0 Å². The number of aromatic carboxylic acids is 1. The zero-order valence-electron chi connectivity index (χ0n) is 8.90. The molecule has 0 aliphatic heterocycles. The average Bonchev–Trinajstić information content (AvgIpc) is 2.28. The van der Waals surface area contributed by atoms with Crippen molar-refractivity contribution in [2.45, 2.75) is 6.92 Å². The normalized spacial score (nSPS) is 10.5. The molecular formula is C12H8FNO3. The molecule has 0 atom stereocenters. The van der Waals surface area contributed by atoms with E-state index in [2.05, 4.69) is 4.98 Å². The van der Waals surface area contributed by atoms with Crippen molar-refractivity contribution in [2.75, 3.05) is 0 Å². The smallest absolute Gasteiger partial charge is 0.354 e. The van der Waals surface area contributed by atoms with E-state index in [1.807, 2.05) is 0 Å². The number of benzene rings is 1. The van der Waals surface area contributed by atoms with Crippen LogP contribution >= 0.6 is 0 Å². The molecule has 1 N–H and O–H groups in total. The summed E-state index contributed by atoms with van der Waals surface area (Å²) in [6.45, 7) is 1.30. The van der Waals surface area contributed by atoms with Crippen molar-refractivity contribution >= 4 is 22.7 Å². The van der Waals surface area contributed by atoms with Crippen LogP contribution in [-0.2, 0) is 0 Å². The molecule has 0 amide bonds. The summed E-state index contributed by atoms with van der Waals surface area (Å²) in [5, 5.41) is 9.17. The van der Waals surface area contributed by atoms with Gasteiger partial charge in [-0.2, -0.15) is 0 Å². The second-order valence-corrected chi connectivity index (χ2v) is 3.55. The topological polar surface area (TPSA) is 67.3 Å². The standard InChI is InChI=1S/C12H8FNO3/c1-6(15)8-5-10(12(16)17)14-11-7(8)3-2-4-9(11)13/h2-5H,1H3,(H,16,17). The highest BCUT2D eigenvalue weighted by Crippen LogP contribution is 2.21. The van der Waals surface area contributed by atoms with Crippen molar-refractivity contribution in [1.82, 2.24) is 4.98 Å². The van der Waals surface area contributed by atoms with Gasteiger partial charge in [0.25, 0.3) is 0 Å². The number of carbonyl (C=O) groups is 2. The van der Waals surface area contributed by atoms with E-state index in [1.54, 1.807) is 0 Å². The van der Waals surface area contributed by atoms with Gasteiger partial charge in [-0.25, -0.2) is 14.2 Å². The summed E-state index contributed by atoms with van der Waals surface area (Å²) in [4.78, 5) is 25.9. The Morgan fingerprint density at radius 2 is 2.06 bits per heavy atom. The number of pyridine rings is 1. The van der Waals surface area contributed by atoms with E-state index < -0.39 is 11.8 Å². The molecule has 1 aromatic heterocycles. The predicted molar refractivity (Wildman–Crippen MR) is 58.7 cm³/mol. The van der Waals surface area contributed by atoms with Crippen LogP contribution in [0.5, 0.6) is 0 Å². The number of ketones is 1. The van der Waals surface area contributed by atoms with Gasteiger partial charge in [0.05, 0.1) is 0 Å². The van der Waals surface area contributed by atoms with Crippen molar-refractivity contribution < 1.29 is 19.1 Å². The number of rotatable bonds is 2. The van der Waals surface area contributed by atoms with Crippen molar-refractivity contribution in [3.05, 3.63) is 41.3 Å². The highest BCUT2D eigenvalue weighted by Gasteiger charge is 2.15. The van der Waals surface area contributed by atoms with Crippen LogP contribution in [-0.4, -0.2) is 21.8 Å². The molecule has 4 nitrogen and oxygen atoms in total. The highest BCUT2D eigenvalue weighted by atomic mass is 19.1. The van der Waals surface area contributed by atoms with E-state index >= 15 is 0 Å². The van der Waals surface area contributed by atoms with Gasteiger partial charge in [0.15, 0.2) is 5.78 Å². The van der Waals surface area contributed by atoms with Crippen LogP contribution in [0.3, 0.4) is 0 Å². The minimum Gasteiger partial charge on any atom is -0.477 e. The zero-order valence-corrected chi connectivity index (χ0v) is 8.90. The number of carboxylic acid groups (broad SMARTS) is 1. The molecule has 2 rings (SSSR count). The van der Waals surface area contributed by atoms with Crippen LogP contribution in [0.4, 0.5) is 4.39 Å². The van der Waals surface area contributed by atoms with Gasteiger partial charge in [-0.3, -0.25) is 4.79 Å². The van der Waals surface area contributed by atoms with Gasteiger partial charge in [0, 0.05) is 10.9 Å². The molecule has 0 bridgehead atoms. The Bertz CT molecular complexity index is 637. The summed E-state index contributed by atoms with van der Waals surface area (Å²) in [7, 11) is 0. The zero-order chi connectivity index (χ0) is 12.6. The maximum Gasteiger partial charge on any atom is 0.354 e. The van der Waals surface area contributed by atoms with Crippen molar-refractivity contribution in [2.24, 2.45) is 0 Å². The van der Waals surface area contributed by atoms with Crippen LogP contribution in [0.25, 0.3) is 10.9 Å². The molecule has 1 aromatic carbocycles. The number of carboxylic acids is 1. The summed E-state index contributed by atoms with van der Waals surface area (Å²) in [5.41, 5.74) is -0.280. The third-order valence-electron chi connectivity index (χ3n) is 2.39. The van der Waals surface area contributed by atoms with Gasteiger partial charge in [-0.15, -0.1) is 0 Å². The molecule has 0 fully saturated rings. The molecule has 0 unspecified atom stereocenters. The minimum atomic E-state index is -1.29. The van der Waals surface area contributed by atoms with Gasteiger partial charge in [0.1, 0.15) is 17.0 Å². The lowest BCUT2D eigenvalue weighted by molar-refractivity contribution is 0.0691. The first-order valence-electron chi connectivity index (χ1n) is 4.84. The first-order valence-corrected chi connectivity index (χ1v) is 4.84. The maximum absolute atomic E-state index is 13.5. The number of para-hydroxylation sites is 1. The molecule has 0 aliphatic rings. The molecule has 5 heteroatoms. The first kappa shape index (κ1) is 11.2. The SMILES string of the molecule is CC(=O)c1cc(C(=O)O)nc2c(F)cccc12. The first-order chi connectivity index (χ1) is 8.00. The molecular weight excluding hydrogens is 225 g/mol. The second kappa shape index (κ2) is 3.93. The van der Waals surface area contributed by atoms with Crippen molar-refractivity contribution in [3.8, 4) is 0 Å². The molecule has 0 saturated heterocycles. The summed E-state index contributed by atoms with van der Waals surface area (Å²) < 4.78 is 13.5. The Kier molecular flexibility index (Phi) is 2.59. The van der Waals surface area contributed by atoms with Crippen LogP contribution in [0.15, 0.2) is 24.3 Å². The Morgan fingerprint density at radius 3 is 2.65 bits per heavy atom. The molecule has 0 saturated carbocycles. The second-order valence-electron chi connectivity index (χ2n) is 3.55. The van der Waals surface area contributed by atoms with Gasteiger partial charge in [-0.05, 0) is 19.1 Å². The fraction of sp³-hybridized carbons (Fsp3) is 0.0833. The monoisotopic (exact) mass is 233 g/mol. The lowest BCUT2D eigenvalue weighted by atomic mass is 10.0. The number of aromatic nitrogens is 1. The predicted octanol–water partition coefficient (Wildman–Crippen LogP) is 2.27. The average molecular weight is 233 g/mol. The molecule has 0 radical (unpaired) electrons. The molecule has 17 heavy (non-hydrogen) atoms. The lowest BCUT2D eigenvalue weighted by Gasteiger charge is -2.05. The third kappa shape index (κ3) is 1.87. The van der Waals surface area contributed by atoms with Crippen molar-refractivity contribution in [3.63, 3.8) is 0 Å². The van der Waals surface area contributed by atoms with E-state index in [0.717, 1.165) is 6.07 Å². The quantitative estimate of drug-likeness (QED) is 0.808. The van der Waals surface area contributed by atoms with Crippen LogP contribution < -0.4 is 0 Å². The van der Waals surface area contributed by atoms with Gasteiger partial charge >= 0.3 is 5.97 Å². The molecule has 0 aliphatic carbocycles. The number of nitrogens with zero attached hydrogens (tertiary/aromatic N) is 1. The number of fused-ring (bicyclic) bond motifs is 1. The van der Waals surface area contributed by atoms with E-state index in [1.165, 1.54) is 25.1 Å². The van der Waals surface area contributed by atoms with Gasteiger partial charge < -0.3 is 5.11 Å². The summed E-state index contributed by atoms with van der Waals surface area (Å²) in [6.07, 6.45) is 0. The van der Waals surface area contributed by atoms with E-state index in [0.29, 0.717) is 5.39 Å². The largest absolute Gasteiger partial charge is 0.477 e. The van der Waals surface area contributed by atoms with Gasteiger partial charge in [0.2, 0.25) is 0 Å². The van der Waals surface area contributed by atoms with Gasteiger partial charge in [-0.1, -0.05) is 12.1 Å². The number of hydrogen-bond donors (Lipinski definition) is 1.